The van der Waals surface area contributed by atoms with Gasteiger partial charge in [-0.15, -0.1) is 0 Å². The number of amides is 2. The molecule has 0 atom stereocenters. The Bertz CT molecular complexity index is 872. The van der Waals surface area contributed by atoms with E-state index in [1.807, 2.05) is 4.90 Å². The fraction of sp³-hybridized carbons (Fsp3) is 0.300. The Morgan fingerprint density at radius 1 is 1.00 bits per heavy atom. The molecular weight excluding hydrogens is 404 g/mol. The number of carbonyl (C=O) groups excluding carboxylic acids is 2. The van der Waals surface area contributed by atoms with Crippen molar-refractivity contribution >= 4 is 29.1 Å². The van der Waals surface area contributed by atoms with Crippen LogP contribution in [0.3, 0.4) is 0 Å². The summed E-state index contributed by atoms with van der Waals surface area (Å²) in [5, 5.41) is 2.82. The first-order chi connectivity index (χ1) is 13.9. The maximum Gasteiger partial charge on any atom is 0.260 e. The SMILES string of the molecule is O=C(CN1CCN(C(=O)COc2ccc(F)cc2Cl)CC1)Nc1ccc(F)cc1. The van der Waals surface area contributed by atoms with Crippen LogP contribution in [0.15, 0.2) is 42.5 Å². The van der Waals surface area contributed by atoms with Gasteiger partial charge in [0.2, 0.25) is 5.91 Å². The number of carbonyl (C=O) groups is 2. The Balaban J connectivity index is 1.40. The molecule has 0 aromatic heterocycles. The number of ether oxygens (including phenoxy) is 1. The monoisotopic (exact) mass is 423 g/mol. The molecule has 0 spiro atoms. The van der Waals surface area contributed by atoms with Crippen molar-refractivity contribution in [1.29, 1.82) is 0 Å². The minimum atomic E-state index is -0.478. The molecule has 6 nitrogen and oxygen atoms in total. The van der Waals surface area contributed by atoms with E-state index in [1.165, 1.54) is 36.4 Å². The summed E-state index contributed by atoms with van der Waals surface area (Å²) in [5.74, 6) is -1.01. The van der Waals surface area contributed by atoms with Gasteiger partial charge in [-0.1, -0.05) is 11.6 Å². The second-order valence-electron chi connectivity index (χ2n) is 6.58. The van der Waals surface area contributed by atoms with E-state index in [0.29, 0.717) is 31.9 Å². The summed E-state index contributed by atoms with van der Waals surface area (Å²) in [6.07, 6.45) is 0. The summed E-state index contributed by atoms with van der Waals surface area (Å²) in [6, 6.07) is 9.26. The largest absolute Gasteiger partial charge is 0.482 e. The summed E-state index contributed by atoms with van der Waals surface area (Å²) in [7, 11) is 0. The molecule has 3 rings (SSSR count). The van der Waals surface area contributed by atoms with Gasteiger partial charge in [0.25, 0.3) is 5.91 Å². The number of anilines is 1. The third kappa shape index (κ3) is 6.13. The van der Waals surface area contributed by atoms with E-state index in [-0.39, 0.29) is 41.6 Å². The first-order valence-corrected chi connectivity index (χ1v) is 9.42. The highest BCUT2D eigenvalue weighted by atomic mass is 35.5. The van der Waals surface area contributed by atoms with Crippen LogP contribution in [0.5, 0.6) is 5.75 Å². The van der Waals surface area contributed by atoms with Gasteiger partial charge in [0, 0.05) is 31.9 Å². The number of halogens is 3. The number of nitrogens with one attached hydrogen (secondary N) is 1. The van der Waals surface area contributed by atoms with Crippen LogP contribution in [-0.2, 0) is 9.59 Å². The summed E-state index contributed by atoms with van der Waals surface area (Å²) < 4.78 is 31.3. The lowest BCUT2D eigenvalue weighted by Crippen LogP contribution is -2.51. The summed E-state index contributed by atoms with van der Waals surface area (Å²) in [6.45, 7) is 1.99. The smallest absolute Gasteiger partial charge is 0.260 e. The second kappa shape index (κ2) is 9.67. The third-order valence-corrected chi connectivity index (χ3v) is 4.76. The van der Waals surface area contributed by atoms with E-state index in [2.05, 4.69) is 5.32 Å². The standard InChI is InChI=1S/C20H20ClF2N3O3/c21-17-11-15(23)3-6-18(17)29-13-20(28)26-9-7-25(8-10-26)12-19(27)24-16-4-1-14(22)2-5-16/h1-6,11H,7-10,12-13H2,(H,24,27). The van der Waals surface area contributed by atoms with Gasteiger partial charge >= 0.3 is 0 Å². The Labute approximate surface area is 172 Å². The van der Waals surface area contributed by atoms with E-state index in [1.54, 1.807) is 4.90 Å². The van der Waals surface area contributed by atoms with Gasteiger partial charge in [0.15, 0.2) is 6.61 Å². The highest BCUT2D eigenvalue weighted by molar-refractivity contribution is 6.32. The molecule has 1 saturated heterocycles. The van der Waals surface area contributed by atoms with Gasteiger partial charge in [-0.3, -0.25) is 14.5 Å². The second-order valence-corrected chi connectivity index (χ2v) is 6.98. The van der Waals surface area contributed by atoms with Crippen molar-refractivity contribution in [3.05, 3.63) is 59.1 Å². The maximum absolute atomic E-state index is 13.0. The van der Waals surface area contributed by atoms with Gasteiger partial charge in [-0.05, 0) is 42.5 Å². The van der Waals surface area contributed by atoms with Gasteiger partial charge < -0.3 is 15.0 Å². The highest BCUT2D eigenvalue weighted by Crippen LogP contribution is 2.24. The van der Waals surface area contributed by atoms with Crippen LogP contribution < -0.4 is 10.1 Å². The Morgan fingerprint density at radius 3 is 2.31 bits per heavy atom. The number of hydrogen-bond acceptors (Lipinski definition) is 4. The zero-order valence-corrected chi connectivity index (χ0v) is 16.3. The molecule has 1 N–H and O–H groups in total. The minimum Gasteiger partial charge on any atom is -0.482 e. The quantitative estimate of drug-likeness (QED) is 0.776. The zero-order chi connectivity index (χ0) is 20.8. The molecule has 2 amide bonds. The van der Waals surface area contributed by atoms with Crippen LogP contribution in [0.2, 0.25) is 5.02 Å². The van der Waals surface area contributed by atoms with Crippen LogP contribution >= 0.6 is 11.6 Å². The van der Waals surface area contributed by atoms with Crippen molar-refractivity contribution in [1.82, 2.24) is 9.80 Å². The third-order valence-electron chi connectivity index (χ3n) is 4.47. The first kappa shape index (κ1) is 21.0. The van der Waals surface area contributed by atoms with Crippen LogP contribution in [0.1, 0.15) is 0 Å². The Morgan fingerprint density at radius 2 is 1.66 bits per heavy atom. The molecule has 0 aliphatic carbocycles. The van der Waals surface area contributed by atoms with Gasteiger partial charge in [-0.25, -0.2) is 8.78 Å². The molecule has 1 fully saturated rings. The molecule has 0 bridgehead atoms. The molecule has 154 valence electrons. The first-order valence-electron chi connectivity index (χ1n) is 9.04. The molecule has 2 aromatic rings. The molecular formula is C20H20ClF2N3O3. The summed E-state index contributed by atoms with van der Waals surface area (Å²) in [4.78, 5) is 28.0. The number of piperazine rings is 1. The minimum absolute atomic E-state index is 0.106. The maximum atomic E-state index is 13.0. The van der Waals surface area contributed by atoms with Gasteiger partial charge in [0.05, 0.1) is 11.6 Å². The fourth-order valence-corrected chi connectivity index (χ4v) is 3.14. The van der Waals surface area contributed by atoms with Crippen molar-refractivity contribution in [3.8, 4) is 5.75 Å². The number of rotatable bonds is 6. The molecule has 9 heteroatoms. The lowest BCUT2D eigenvalue weighted by molar-refractivity contribution is -0.135. The van der Waals surface area contributed by atoms with Crippen LogP contribution in [0.4, 0.5) is 14.5 Å². The van der Waals surface area contributed by atoms with Gasteiger partial charge in [-0.2, -0.15) is 0 Å². The lowest BCUT2D eigenvalue weighted by atomic mass is 10.3. The molecule has 1 aliphatic heterocycles. The molecule has 1 heterocycles. The number of benzene rings is 2. The predicted octanol–water partition coefficient (Wildman–Crippen LogP) is 2.78. The van der Waals surface area contributed by atoms with E-state index < -0.39 is 5.82 Å². The normalized spacial score (nSPS) is 14.5. The number of nitrogens with zero attached hydrogens (tertiary/aromatic N) is 2. The number of hydrogen-bond donors (Lipinski definition) is 1. The van der Waals surface area contributed by atoms with E-state index in [0.717, 1.165) is 6.07 Å². The molecule has 0 unspecified atom stereocenters. The van der Waals surface area contributed by atoms with Crippen LogP contribution in [0, 0.1) is 11.6 Å². The average molecular weight is 424 g/mol. The highest BCUT2D eigenvalue weighted by Gasteiger charge is 2.23. The van der Waals surface area contributed by atoms with Crippen molar-refractivity contribution in [2.75, 3.05) is 44.6 Å². The average Bonchev–Trinajstić information content (AvgIpc) is 2.69. The van der Waals surface area contributed by atoms with Crippen molar-refractivity contribution in [2.24, 2.45) is 0 Å². The predicted molar refractivity (Wildman–Crippen MR) is 105 cm³/mol. The van der Waals surface area contributed by atoms with Crippen LogP contribution in [-0.4, -0.2) is 60.9 Å². The Kier molecular flexibility index (Phi) is 7.00. The van der Waals surface area contributed by atoms with Crippen LogP contribution in [0.25, 0.3) is 0 Å². The molecule has 2 aromatic carbocycles. The summed E-state index contributed by atoms with van der Waals surface area (Å²) >= 11 is 5.88. The van der Waals surface area contributed by atoms with E-state index >= 15 is 0 Å². The zero-order valence-electron chi connectivity index (χ0n) is 15.5. The van der Waals surface area contributed by atoms with Crippen molar-refractivity contribution < 1.29 is 23.1 Å². The van der Waals surface area contributed by atoms with Gasteiger partial charge in [0.1, 0.15) is 17.4 Å². The molecule has 29 heavy (non-hydrogen) atoms. The van der Waals surface area contributed by atoms with E-state index in [4.69, 9.17) is 16.3 Å². The lowest BCUT2D eigenvalue weighted by Gasteiger charge is -2.34. The molecule has 1 aliphatic rings. The molecule has 0 saturated carbocycles. The summed E-state index contributed by atoms with van der Waals surface area (Å²) in [5.41, 5.74) is 0.529. The van der Waals surface area contributed by atoms with Crippen molar-refractivity contribution in [2.45, 2.75) is 0 Å². The Hall–Kier alpha value is -2.71. The van der Waals surface area contributed by atoms with Crippen molar-refractivity contribution in [3.63, 3.8) is 0 Å². The molecule has 0 radical (unpaired) electrons. The topological polar surface area (TPSA) is 61.9 Å². The van der Waals surface area contributed by atoms with E-state index in [9.17, 15) is 18.4 Å². The fourth-order valence-electron chi connectivity index (χ4n) is 2.92.